The highest BCUT2D eigenvalue weighted by molar-refractivity contribution is 5.48. The van der Waals surface area contributed by atoms with Gasteiger partial charge in [-0.3, -0.25) is 9.89 Å². The Morgan fingerprint density at radius 1 is 1.42 bits per heavy atom. The standard InChI is InChI=1S/C14H20N4O/c1-9(2)10-8-16-18-13(19)7-12(17-14(10)18)11-5-3-4-6-15-11/h7-9,11,15-16H,3-6H2,1-2H3. The van der Waals surface area contributed by atoms with Gasteiger partial charge < -0.3 is 5.32 Å². The van der Waals surface area contributed by atoms with Crippen molar-refractivity contribution < 1.29 is 0 Å². The van der Waals surface area contributed by atoms with E-state index in [1.54, 1.807) is 6.07 Å². The molecule has 19 heavy (non-hydrogen) atoms. The summed E-state index contributed by atoms with van der Waals surface area (Å²) in [7, 11) is 0. The van der Waals surface area contributed by atoms with Crippen LogP contribution in [0.2, 0.25) is 0 Å². The fourth-order valence-electron chi connectivity index (χ4n) is 2.72. The summed E-state index contributed by atoms with van der Waals surface area (Å²) in [6.07, 6.45) is 5.35. The van der Waals surface area contributed by atoms with Crippen LogP contribution in [0.15, 0.2) is 17.1 Å². The zero-order valence-corrected chi connectivity index (χ0v) is 11.4. The van der Waals surface area contributed by atoms with Gasteiger partial charge in [0.25, 0.3) is 5.56 Å². The van der Waals surface area contributed by atoms with E-state index in [1.165, 1.54) is 17.4 Å². The van der Waals surface area contributed by atoms with E-state index in [0.29, 0.717) is 5.92 Å². The molecule has 102 valence electrons. The van der Waals surface area contributed by atoms with E-state index in [2.05, 4.69) is 24.3 Å². The van der Waals surface area contributed by atoms with E-state index in [1.807, 2.05) is 6.20 Å². The van der Waals surface area contributed by atoms with Crippen LogP contribution in [0.1, 0.15) is 56.3 Å². The van der Waals surface area contributed by atoms with Crippen LogP contribution in [-0.4, -0.2) is 21.1 Å². The third-order valence-corrected chi connectivity index (χ3v) is 3.84. The molecule has 0 bridgehead atoms. The quantitative estimate of drug-likeness (QED) is 0.867. The molecule has 3 heterocycles. The fourth-order valence-corrected chi connectivity index (χ4v) is 2.72. The van der Waals surface area contributed by atoms with Gasteiger partial charge in [0.05, 0.1) is 5.69 Å². The van der Waals surface area contributed by atoms with E-state index in [-0.39, 0.29) is 11.6 Å². The second-order valence-corrected chi connectivity index (χ2v) is 5.56. The number of hydrogen-bond acceptors (Lipinski definition) is 3. The molecule has 5 heteroatoms. The predicted molar refractivity (Wildman–Crippen MR) is 74.5 cm³/mol. The molecule has 2 N–H and O–H groups in total. The molecule has 2 aromatic heterocycles. The lowest BCUT2D eigenvalue weighted by Gasteiger charge is -2.22. The van der Waals surface area contributed by atoms with Crippen LogP contribution in [0.3, 0.4) is 0 Å². The van der Waals surface area contributed by atoms with Crippen LogP contribution >= 0.6 is 0 Å². The molecule has 1 aliphatic heterocycles. The molecular formula is C14H20N4O. The van der Waals surface area contributed by atoms with E-state index < -0.39 is 0 Å². The summed E-state index contributed by atoms with van der Waals surface area (Å²) in [5.41, 5.74) is 2.71. The molecule has 0 radical (unpaired) electrons. The van der Waals surface area contributed by atoms with Crippen molar-refractivity contribution in [1.82, 2.24) is 19.9 Å². The number of H-pyrrole nitrogens is 1. The zero-order chi connectivity index (χ0) is 13.4. The maximum Gasteiger partial charge on any atom is 0.272 e. The molecule has 1 saturated heterocycles. The number of nitrogens with one attached hydrogen (secondary N) is 2. The highest BCUT2D eigenvalue weighted by Gasteiger charge is 2.19. The maximum atomic E-state index is 12.1. The van der Waals surface area contributed by atoms with Crippen molar-refractivity contribution in [3.8, 4) is 0 Å². The summed E-state index contributed by atoms with van der Waals surface area (Å²) in [4.78, 5) is 16.9. The predicted octanol–water partition coefficient (Wildman–Crippen LogP) is 1.96. The Bertz CT molecular complexity index is 634. The second kappa shape index (κ2) is 4.81. The van der Waals surface area contributed by atoms with Crippen LogP contribution in [0.25, 0.3) is 5.65 Å². The Hall–Kier alpha value is -1.62. The largest absolute Gasteiger partial charge is 0.309 e. The molecule has 0 saturated carbocycles. The summed E-state index contributed by atoms with van der Waals surface area (Å²) < 4.78 is 1.53. The highest BCUT2D eigenvalue weighted by atomic mass is 16.1. The molecular weight excluding hydrogens is 240 g/mol. The first-order valence-corrected chi connectivity index (χ1v) is 7.01. The zero-order valence-electron chi connectivity index (χ0n) is 11.4. The Balaban J connectivity index is 2.11. The fraction of sp³-hybridized carbons (Fsp3) is 0.571. The summed E-state index contributed by atoms with van der Waals surface area (Å²) in [5, 5.41) is 6.44. The first-order chi connectivity index (χ1) is 9.16. The third kappa shape index (κ3) is 2.18. The summed E-state index contributed by atoms with van der Waals surface area (Å²) >= 11 is 0. The summed E-state index contributed by atoms with van der Waals surface area (Å²) in [5.74, 6) is 0.350. The van der Waals surface area contributed by atoms with Gasteiger partial charge in [-0.25, -0.2) is 9.50 Å². The lowest BCUT2D eigenvalue weighted by molar-refractivity contribution is 0.405. The monoisotopic (exact) mass is 260 g/mol. The molecule has 1 atom stereocenters. The van der Waals surface area contributed by atoms with Crippen LogP contribution in [-0.2, 0) is 0 Å². The Kier molecular flexibility index (Phi) is 3.14. The minimum Gasteiger partial charge on any atom is -0.309 e. The molecule has 1 aliphatic rings. The molecule has 1 fully saturated rings. The Morgan fingerprint density at radius 3 is 2.95 bits per heavy atom. The number of aromatic nitrogens is 3. The first kappa shape index (κ1) is 12.4. The highest BCUT2D eigenvalue weighted by Crippen LogP contribution is 2.23. The molecule has 1 unspecified atom stereocenters. The number of fused-ring (bicyclic) bond motifs is 1. The Labute approximate surface area is 112 Å². The topological polar surface area (TPSA) is 62.2 Å². The van der Waals surface area contributed by atoms with Crippen molar-refractivity contribution in [2.75, 3.05) is 6.54 Å². The van der Waals surface area contributed by atoms with Gasteiger partial charge in [0, 0.05) is 23.9 Å². The number of rotatable bonds is 2. The summed E-state index contributed by atoms with van der Waals surface area (Å²) in [6.45, 7) is 5.23. The van der Waals surface area contributed by atoms with E-state index >= 15 is 0 Å². The molecule has 0 aromatic carbocycles. The SMILES string of the molecule is CC(C)c1c[nH]n2c(=O)cc(C3CCCCN3)nc12. The van der Waals surface area contributed by atoms with Gasteiger partial charge in [0.2, 0.25) is 0 Å². The number of hydrogen-bond donors (Lipinski definition) is 2. The van der Waals surface area contributed by atoms with Crippen molar-refractivity contribution >= 4 is 5.65 Å². The van der Waals surface area contributed by atoms with E-state index in [9.17, 15) is 4.79 Å². The second-order valence-electron chi connectivity index (χ2n) is 5.56. The number of piperidine rings is 1. The van der Waals surface area contributed by atoms with Crippen LogP contribution in [0, 0.1) is 0 Å². The van der Waals surface area contributed by atoms with Crippen LogP contribution < -0.4 is 10.9 Å². The van der Waals surface area contributed by atoms with Crippen molar-refractivity contribution in [3.05, 3.63) is 33.9 Å². The molecule has 0 aliphatic carbocycles. The molecule has 5 nitrogen and oxygen atoms in total. The van der Waals surface area contributed by atoms with Crippen molar-refractivity contribution in [3.63, 3.8) is 0 Å². The number of aromatic amines is 1. The average molecular weight is 260 g/mol. The van der Waals surface area contributed by atoms with Gasteiger partial charge in [0.15, 0.2) is 5.65 Å². The molecule has 0 amide bonds. The van der Waals surface area contributed by atoms with Gasteiger partial charge in [-0.05, 0) is 25.3 Å². The van der Waals surface area contributed by atoms with Gasteiger partial charge in [-0.1, -0.05) is 20.3 Å². The van der Waals surface area contributed by atoms with Crippen LogP contribution in [0.5, 0.6) is 0 Å². The van der Waals surface area contributed by atoms with Crippen molar-refractivity contribution in [2.24, 2.45) is 0 Å². The summed E-state index contributed by atoms with van der Waals surface area (Å²) in [6, 6.07) is 1.87. The Morgan fingerprint density at radius 2 is 2.26 bits per heavy atom. The van der Waals surface area contributed by atoms with Gasteiger partial charge in [-0.15, -0.1) is 0 Å². The molecule has 3 rings (SSSR count). The molecule has 2 aromatic rings. The third-order valence-electron chi connectivity index (χ3n) is 3.84. The molecule has 0 spiro atoms. The van der Waals surface area contributed by atoms with E-state index in [4.69, 9.17) is 4.98 Å². The van der Waals surface area contributed by atoms with Gasteiger partial charge in [0.1, 0.15) is 0 Å². The van der Waals surface area contributed by atoms with E-state index in [0.717, 1.165) is 29.9 Å². The lowest BCUT2D eigenvalue weighted by Crippen LogP contribution is -2.29. The van der Waals surface area contributed by atoms with Crippen molar-refractivity contribution in [2.45, 2.75) is 45.1 Å². The van der Waals surface area contributed by atoms with Gasteiger partial charge in [-0.2, -0.15) is 0 Å². The maximum absolute atomic E-state index is 12.1. The smallest absolute Gasteiger partial charge is 0.272 e. The first-order valence-electron chi connectivity index (χ1n) is 7.01. The minimum absolute atomic E-state index is 0.0285. The normalized spacial score (nSPS) is 20.3. The van der Waals surface area contributed by atoms with Crippen LogP contribution in [0.4, 0.5) is 0 Å². The number of nitrogens with zero attached hydrogens (tertiary/aromatic N) is 2. The van der Waals surface area contributed by atoms with Gasteiger partial charge >= 0.3 is 0 Å². The van der Waals surface area contributed by atoms with Crippen molar-refractivity contribution in [1.29, 1.82) is 0 Å². The minimum atomic E-state index is -0.0285. The average Bonchev–Trinajstić information content (AvgIpc) is 2.84. The lowest BCUT2D eigenvalue weighted by atomic mass is 10.0.